The number of alkyl halides is 2. The van der Waals surface area contributed by atoms with E-state index >= 15 is 0 Å². The van der Waals surface area contributed by atoms with Crippen molar-refractivity contribution in [2.45, 2.75) is 38.2 Å². The molecule has 0 bridgehead atoms. The van der Waals surface area contributed by atoms with Gasteiger partial charge in [0, 0.05) is 26.3 Å². The monoisotopic (exact) mass is 245 g/mol. The number of aliphatic hydroxyl groups excluding tert-OH is 1. The van der Waals surface area contributed by atoms with E-state index in [1.807, 2.05) is 0 Å². The second kappa shape index (κ2) is 5.91. The molecule has 1 aromatic heterocycles. The summed E-state index contributed by atoms with van der Waals surface area (Å²) in [6.07, 6.45) is 4.75. The predicted octanol–water partition coefficient (Wildman–Crippen LogP) is 2.73. The lowest BCUT2D eigenvalue weighted by molar-refractivity contribution is 0.0121. The van der Waals surface area contributed by atoms with Crippen LogP contribution in [0.25, 0.3) is 0 Å². The molecule has 2 rings (SSSR count). The Morgan fingerprint density at radius 3 is 2.53 bits per heavy atom. The maximum Gasteiger partial charge on any atom is 0.287 e. The molecule has 1 aromatic rings. The van der Waals surface area contributed by atoms with Gasteiger partial charge in [-0.2, -0.15) is 8.78 Å². The topological polar surface area (TPSA) is 42.4 Å². The molecule has 0 atom stereocenters. The first-order valence-corrected chi connectivity index (χ1v) is 5.51. The number of hydrogen-bond acceptors (Lipinski definition) is 3. The number of nitrogens with zero attached hydrogens (tertiary/aromatic N) is 1. The predicted molar refractivity (Wildman–Crippen MR) is 60.2 cm³/mol. The van der Waals surface area contributed by atoms with E-state index in [0.717, 1.165) is 33.3 Å². The minimum absolute atomic E-state index is 0.200. The lowest BCUT2D eigenvalue weighted by Crippen LogP contribution is -2.24. The SMILES string of the molecule is CC(F)(F)c1cc(OC2CCC2)ccn1.CO. The van der Waals surface area contributed by atoms with Gasteiger partial charge < -0.3 is 9.84 Å². The number of aromatic nitrogens is 1. The van der Waals surface area contributed by atoms with Crippen molar-refractivity contribution in [2.24, 2.45) is 0 Å². The quantitative estimate of drug-likeness (QED) is 0.890. The second-order valence-electron chi connectivity index (χ2n) is 3.94. The van der Waals surface area contributed by atoms with E-state index in [1.54, 1.807) is 6.07 Å². The standard InChI is InChI=1S/C11H13F2NO.CH4O/c1-11(12,13)10-7-9(5-6-14-10)15-8-3-2-4-8;1-2/h5-8H,2-4H2,1H3;2H,1H3. The second-order valence-corrected chi connectivity index (χ2v) is 3.94. The molecule has 0 radical (unpaired) electrons. The first-order valence-electron chi connectivity index (χ1n) is 5.51. The van der Waals surface area contributed by atoms with Gasteiger partial charge in [0.25, 0.3) is 5.92 Å². The number of halogens is 2. The largest absolute Gasteiger partial charge is 0.490 e. The third-order valence-electron chi connectivity index (χ3n) is 2.54. The molecule has 1 saturated carbocycles. The van der Waals surface area contributed by atoms with E-state index in [4.69, 9.17) is 9.84 Å². The summed E-state index contributed by atoms with van der Waals surface area (Å²) >= 11 is 0. The summed E-state index contributed by atoms with van der Waals surface area (Å²) in [5.74, 6) is -2.41. The highest BCUT2D eigenvalue weighted by Gasteiger charge is 2.27. The van der Waals surface area contributed by atoms with Gasteiger partial charge in [-0.25, -0.2) is 0 Å². The highest BCUT2D eigenvalue weighted by Crippen LogP contribution is 2.29. The van der Waals surface area contributed by atoms with E-state index < -0.39 is 5.92 Å². The van der Waals surface area contributed by atoms with Gasteiger partial charge in [-0.05, 0) is 25.3 Å². The number of pyridine rings is 1. The van der Waals surface area contributed by atoms with Crippen LogP contribution in [0.2, 0.25) is 0 Å². The van der Waals surface area contributed by atoms with Crippen LogP contribution in [0.1, 0.15) is 31.9 Å². The van der Waals surface area contributed by atoms with Crippen LogP contribution in [-0.2, 0) is 5.92 Å². The fourth-order valence-corrected chi connectivity index (χ4v) is 1.41. The molecule has 96 valence electrons. The summed E-state index contributed by atoms with van der Waals surface area (Å²) < 4.78 is 31.4. The maximum atomic E-state index is 12.9. The molecule has 0 saturated heterocycles. The van der Waals surface area contributed by atoms with Gasteiger partial charge in [-0.1, -0.05) is 0 Å². The summed E-state index contributed by atoms with van der Waals surface area (Å²) in [6.45, 7) is 0.836. The van der Waals surface area contributed by atoms with Crippen molar-refractivity contribution in [3.63, 3.8) is 0 Å². The molecule has 1 fully saturated rings. The molecule has 1 aliphatic carbocycles. The molecule has 0 amide bonds. The lowest BCUT2D eigenvalue weighted by Gasteiger charge is -2.26. The minimum atomic E-state index is -2.90. The molecule has 0 unspecified atom stereocenters. The first kappa shape index (κ1) is 13.8. The number of aliphatic hydroxyl groups is 1. The molecule has 5 heteroatoms. The molecule has 0 spiro atoms. The van der Waals surface area contributed by atoms with Crippen molar-refractivity contribution < 1.29 is 18.6 Å². The van der Waals surface area contributed by atoms with E-state index in [-0.39, 0.29) is 11.8 Å². The maximum absolute atomic E-state index is 12.9. The minimum Gasteiger partial charge on any atom is -0.490 e. The van der Waals surface area contributed by atoms with Gasteiger partial charge in [-0.15, -0.1) is 0 Å². The van der Waals surface area contributed by atoms with Crippen LogP contribution >= 0.6 is 0 Å². The van der Waals surface area contributed by atoms with Gasteiger partial charge in [-0.3, -0.25) is 4.98 Å². The normalized spacial score (nSPS) is 15.6. The molecule has 0 aliphatic heterocycles. The Morgan fingerprint density at radius 1 is 1.41 bits per heavy atom. The Bertz CT molecular complexity index is 349. The van der Waals surface area contributed by atoms with E-state index in [1.165, 1.54) is 12.3 Å². The molecule has 17 heavy (non-hydrogen) atoms. The van der Waals surface area contributed by atoms with Crippen molar-refractivity contribution in [3.05, 3.63) is 24.0 Å². The molecule has 3 nitrogen and oxygen atoms in total. The van der Waals surface area contributed by atoms with E-state index in [2.05, 4.69) is 4.98 Å². The third-order valence-corrected chi connectivity index (χ3v) is 2.54. The van der Waals surface area contributed by atoms with Crippen LogP contribution in [0.3, 0.4) is 0 Å². The zero-order valence-electron chi connectivity index (χ0n) is 9.99. The highest BCUT2D eigenvalue weighted by molar-refractivity contribution is 5.25. The fourth-order valence-electron chi connectivity index (χ4n) is 1.41. The number of rotatable bonds is 3. The fraction of sp³-hybridized carbons (Fsp3) is 0.583. The lowest BCUT2D eigenvalue weighted by atomic mass is 9.96. The Labute approximate surface area is 99.4 Å². The van der Waals surface area contributed by atoms with Crippen LogP contribution in [0.5, 0.6) is 5.75 Å². The van der Waals surface area contributed by atoms with Crippen molar-refractivity contribution in [2.75, 3.05) is 7.11 Å². The average Bonchev–Trinajstić information content (AvgIpc) is 2.26. The summed E-state index contributed by atoms with van der Waals surface area (Å²) in [4.78, 5) is 3.63. The van der Waals surface area contributed by atoms with E-state index in [0.29, 0.717) is 5.75 Å². The number of ether oxygens (including phenoxy) is 1. The molecule has 0 aromatic carbocycles. The van der Waals surface area contributed by atoms with Crippen molar-refractivity contribution in [3.8, 4) is 5.75 Å². The zero-order chi connectivity index (χ0) is 12.9. The molecular weight excluding hydrogens is 228 g/mol. The van der Waals surface area contributed by atoms with Crippen molar-refractivity contribution in [1.82, 2.24) is 4.98 Å². The van der Waals surface area contributed by atoms with Gasteiger partial charge in [0.05, 0.1) is 6.10 Å². The van der Waals surface area contributed by atoms with Gasteiger partial charge in [0.2, 0.25) is 0 Å². The average molecular weight is 245 g/mol. The van der Waals surface area contributed by atoms with Crippen molar-refractivity contribution in [1.29, 1.82) is 0 Å². The molecule has 1 N–H and O–H groups in total. The van der Waals surface area contributed by atoms with Crippen LogP contribution < -0.4 is 4.74 Å². The van der Waals surface area contributed by atoms with Crippen LogP contribution in [0, 0.1) is 0 Å². The van der Waals surface area contributed by atoms with Crippen LogP contribution in [0.4, 0.5) is 8.78 Å². The Morgan fingerprint density at radius 2 is 2.06 bits per heavy atom. The summed E-state index contributed by atoms with van der Waals surface area (Å²) in [7, 11) is 1.00. The van der Waals surface area contributed by atoms with E-state index in [9.17, 15) is 8.78 Å². The molecule has 1 aliphatic rings. The van der Waals surface area contributed by atoms with Gasteiger partial charge in [0.15, 0.2) is 0 Å². The van der Waals surface area contributed by atoms with Crippen LogP contribution in [-0.4, -0.2) is 23.3 Å². The highest BCUT2D eigenvalue weighted by atomic mass is 19.3. The number of hydrogen-bond donors (Lipinski definition) is 1. The Hall–Kier alpha value is -1.23. The third kappa shape index (κ3) is 3.93. The smallest absolute Gasteiger partial charge is 0.287 e. The van der Waals surface area contributed by atoms with Gasteiger partial charge in [0.1, 0.15) is 11.4 Å². The molecular formula is C12H17F2NO2. The first-order chi connectivity index (χ1) is 8.05. The Kier molecular flexibility index (Phi) is 4.81. The van der Waals surface area contributed by atoms with Crippen molar-refractivity contribution >= 4 is 0 Å². The summed E-state index contributed by atoms with van der Waals surface area (Å²) in [5.41, 5.74) is -0.237. The summed E-state index contributed by atoms with van der Waals surface area (Å²) in [5, 5.41) is 7.00. The van der Waals surface area contributed by atoms with Gasteiger partial charge >= 0.3 is 0 Å². The Balaban J connectivity index is 0.000000686. The van der Waals surface area contributed by atoms with Crippen LogP contribution in [0.15, 0.2) is 18.3 Å². The molecule has 1 heterocycles. The summed E-state index contributed by atoms with van der Waals surface area (Å²) in [6, 6.07) is 2.94. The zero-order valence-corrected chi connectivity index (χ0v) is 9.99.